The lowest BCUT2D eigenvalue weighted by Crippen LogP contribution is -2.37. The molecule has 3 aliphatic rings. The third kappa shape index (κ3) is 3.07. The van der Waals surface area contributed by atoms with Gasteiger partial charge in [0.05, 0.1) is 17.5 Å². The van der Waals surface area contributed by atoms with Crippen LogP contribution in [0, 0.1) is 5.92 Å². The van der Waals surface area contributed by atoms with Crippen LogP contribution in [0.3, 0.4) is 0 Å². The Kier molecular flexibility index (Phi) is 4.38. The number of hydrogen-bond acceptors (Lipinski definition) is 6. The first-order chi connectivity index (χ1) is 12.4. The van der Waals surface area contributed by atoms with Crippen LogP contribution in [0.4, 0.5) is 5.69 Å². The van der Waals surface area contributed by atoms with Crippen LogP contribution >= 0.6 is 11.8 Å². The van der Waals surface area contributed by atoms with Gasteiger partial charge in [-0.15, -0.1) is 0 Å². The maximum Gasteiger partial charge on any atom is 0.250 e. The van der Waals surface area contributed by atoms with Gasteiger partial charge >= 0.3 is 0 Å². The van der Waals surface area contributed by atoms with Crippen molar-refractivity contribution in [3.05, 3.63) is 18.2 Å². The fourth-order valence-electron chi connectivity index (χ4n) is 3.28. The Morgan fingerprint density at radius 1 is 1.35 bits per heavy atom. The van der Waals surface area contributed by atoms with Crippen LogP contribution in [-0.4, -0.2) is 49.1 Å². The van der Waals surface area contributed by atoms with Gasteiger partial charge in [-0.25, -0.2) is 8.42 Å². The van der Waals surface area contributed by atoms with Crippen molar-refractivity contribution in [1.82, 2.24) is 0 Å². The molecule has 0 aliphatic carbocycles. The summed E-state index contributed by atoms with van der Waals surface area (Å²) >= 11 is 1.38. The van der Waals surface area contributed by atoms with E-state index in [-0.39, 0.29) is 41.4 Å². The summed E-state index contributed by atoms with van der Waals surface area (Å²) in [7, 11) is -3.09. The van der Waals surface area contributed by atoms with E-state index in [4.69, 9.17) is 9.47 Å². The van der Waals surface area contributed by atoms with Gasteiger partial charge in [0.2, 0.25) is 6.79 Å². The molecule has 3 heterocycles. The van der Waals surface area contributed by atoms with Crippen LogP contribution in [0.25, 0.3) is 0 Å². The van der Waals surface area contributed by atoms with Crippen LogP contribution in [0.5, 0.6) is 11.5 Å². The molecule has 0 unspecified atom stereocenters. The Hall–Kier alpha value is -1.74. The number of sulfone groups is 1. The van der Waals surface area contributed by atoms with Crippen molar-refractivity contribution in [2.75, 3.05) is 23.2 Å². The summed E-state index contributed by atoms with van der Waals surface area (Å²) < 4.78 is 35.0. The molecule has 0 spiro atoms. The lowest BCUT2D eigenvalue weighted by Gasteiger charge is -2.24. The monoisotopic (exact) mass is 396 g/mol. The number of aliphatic imine (C=N–C) groups is 1. The summed E-state index contributed by atoms with van der Waals surface area (Å²) in [6.45, 7) is 3.96. The number of nitrogens with zero attached hydrogens (tertiary/aromatic N) is 2. The van der Waals surface area contributed by atoms with Gasteiger partial charge in [0.1, 0.15) is 0 Å². The highest BCUT2D eigenvalue weighted by molar-refractivity contribution is 8.16. The van der Waals surface area contributed by atoms with Gasteiger partial charge in [-0.3, -0.25) is 4.79 Å². The van der Waals surface area contributed by atoms with E-state index in [1.54, 1.807) is 6.07 Å². The quantitative estimate of drug-likeness (QED) is 0.773. The van der Waals surface area contributed by atoms with Crippen LogP contribution in [-0.2, 0) is 14.6 Å². The van der Waals surface area contributed by atoms with Gasteiger partial charge < -0.3 is 14.4 Å². The highest BCUT2D eigenvalue weighted by Crippen LogP contribution is 2.44. The van der Waals surface area contributed by atoms with Gasteiger partial charge in [0.15, 0.2) is 26.5 Å². The van der Waals surface area contributed by atoms with E-state index in [1.165, 1.54) is 11.8 Å². The molecule has 1 amide bonds. The minimum Gasteiger partial charge on any atom is -0.454 e. The second-order valence-corrected chi connectivity index (χ2v) is 10.1. The molecule has 140 valence electrons. The van der Waals surface area contributed by atoms with Crippen molar-refractivity contribution < 1.29 is 22.7 Å². The molecule has 0 N–H and O–H groups in total. The topological polar surface area (TPSA) is 85.3 Å². The first kappa shape index (κ1) is 17.7. The molecule has 0 saturated carbocycles. The number of carbonyl (C=O) groups is 1. The van der Waals surface area contributed by atoms with E-state index in [9.17, 15) is 13.2 Å². The first-order valence-electron chi connectivity index (χ1n) is 8.56. The van der Waals surface area contributed by atoms with E-state index in [0.29, 0.717) is 23.1 Å². The number of benzene rings is 1. The van der Waals surface area contributed by atoms with Crippen molar-refractivity contribution in [3.8, 4) is 11.5 Å². The fourth-order valence-corrected chi connectivity index (χ4v) is 7.20. The number of amidine groups is 1. The fraction of sp³-hybridized carbons (Fsp3) is 0.529. The molecule has 4 rings (SSSR count). The van der Waals surface area contributed by atoms with Crippen LogP contribution in [0.2, 0.25) is 0 Å². The van der Waals surface area contributed by atoms with E-state index < -0.39 is 9.84 Å². The number of ether oxygens (including phenoxy) is 2. The van der Waals surface area contributed by atoms with Gasteiger partial charge in [-0.05, 0) is 18.6 Å². The zero-order valence-corrected chi connectivity index (χ0v) is 16.2. The van der Waals surface area contributed by atoms with Crippen molar-refractivity contribution >= 4 is 38.4 Å². The number of hydrogen-bond donors (Lipinski definition) is 0. The Morgan fingerprint density at radius 2 is 2.12 bits per heavy atom. The van der Waals surface area contributed by atoms with Gasteiger partial charge in [-0.2, -0.15) is 4.99 Å². The SMILES string of the molecule is CC[C@@H](C)C(=O)N=C1S[C@H]2CS(=O)(=O)C[C@@H]2N1c1ccc2c(c1)OCO2. The average Bonchev–Trinajstić information content (AvgIpc) is 3.25. The number of anilines is 1. The summed E-state index contributed by atoms with van der Waals surface area (Å²) in [5.41, 5.74) is 0.766. The normalized spacial score (nSPS) is 28.4. The van der Waals surface area contributed by atoms with E-state index >= 15 is 0 Å². The van der Waals surface area contributed by atoms with Crippen molar-refractivity contribution in [3.63, 3.8) is 0 Å². The molecule has 2 saturated heterocycles. The molecule has 7 nitrogen and oxygen atoms in total. The summed E-state index contributed by atoms with van der Waals surface area (Å²) in [5, 5.41) is 0.452. The minimum atomic E-state index is -3.09. The van der Waals surface area contributed by atoms with E-state index in [0.717, 1.165) is 5.69 Å². The van der Waals surface area contributed by atoms with E-state index in [2.05, 4.69) is 4.99 Å². The minimum absolute atomic E-state index is 0.0651. The van der Waals surface area contributed by atoms with Crippen molar-refractivity contribution in [2.24, 2.45) is 10.9 Å². The van der Waals surface area contributed by atoms with Gasteiger partial charge in [0, 0.05) is 22.9 Å². The highest BCUT2D eigenvalue weighted by atomic mass is 32.2. The molecule has 2 fully saturated rings. The molecule has 1 aromatic carbocycles. The van der Waals surface area contributed by atoms with Crippen LogP contribution < -0.4 is 14.4 Å². The Morgan fingerprint density at radius 3 is 2.88 bits per heavy atom. The lowest BCUT2D eigenvalue weighted by molar-refractivity contribution is -0.121. The smallest absolute Gasteiger partial charge is 0.250 e. The first-order valence-corrected chi connectivity index (χ1v) is 11.3. The second kappa shape index (κ2) is 6.45. The Balaban J connectivity index is 1.73. The maximum absolute atomic E-state index is 12.4. The molecule has 3 atom stereocenters. The van der Waals surface area contributed by atoms with Gasteiger partial charge in [0.25, 0.3) is 5.91 Å². The molecule has 26 heavy (non-hydrogen) atoms. The molecule has 1 aromatic rings. The molecule has 9 heteroatoms. The van der Waals surface area contributed by atoms with Crippen LogP contribution in [0.15, 0.2) is 23.2 Å². The van der Waals surface area contributed by atoms with Gasteiger partial charge in [-0.1, -0.05) is 25.6 Å². The summed E-state index contributed by atoms with van der Waals surface area (Å²) in [6, 6.07) is 5.24. The molecule has 3 aliphatic heterocycles. The average molecular weight is 396 g/mol. The largest absolute Gasteiger partial charge is 0.454 e. The highest BCUT2D eigenvalue weighted by Gasteiger charge is 2.49. The summed E-state index contributed by atoms with van der Waals surface area (Å²) in [5.74, 6) is 1.11. The molecule has 0 bridgehead atoms. The maximum atomic E-state index is 12.4. The molecular weight excluding hydrogens is 376 g/mol. The number of thioether (sulfide) groups is 1. The molecular formula is C17H20N2O5S2. The molecule has 0 aromatic heterocycles. The number of rotatable bonds is 3. The standard InChI is InChI=1S/C17H20N2O5S2/c1-3-10(2)16(20)18-17-19(12-7-26(21,22)8-15(12)25-17)11-4-5-13-14(6-11)24-9-23-13/h4-6,10,12,15H,3,7-9H2,1-2H3/t10-,12+,15+/m1/s1. The zero-order chi connectivity index (χ0) is 18.5. The predicted molar refractivity (Wildman–Crippen MR) is 101 cm³/mol. The lowest BCUT2D eigenvalue weighted by atomic mass is 10.1. The second-order valence-electron chi connectivity index (χ2n) is 6.75. The van der Waals surface area contributed by atoms with Crippen molar-refractivity contribution in [1.29, 1.82) is 0 Å². The van der Waals surface area contributed by atoms with Crippen LogP contribution in [0.1, 0.15) is 20.3 Å². The summed E-state index contributed by atoms with van der Waals surface area (Å²) in [4.78, 5) is 18.6. The molecule has 0 radical (unpaired) electrons. The predicted octanol–water partition coefficient (Wildman–Crippen LogP) is 2.06. The Labute approximate surface area is 156 Å². The number of fused-ring (bicyclic) bond motifs is 2. The third-order valence-corrected chi connectivity index (χ3v) is 8.15. The summed E-state index contributed by atoms with van der Waals surface area (Å²) in [6.07, 6.45) is 0.714. The number of carbonyl (C=O) groups excluding carboxylic acids is 1. The number of amides is 1. The van der Waals surface area contributed by atoms with Crippen molar-refractivity contribution in [2.45, 2.75) is 31.6 Å². The zero-order valence-electron chi connectivity index (χ0n) is 14.5. The third-order valence-electron chi connectivity index (χ3n) is 4.94. The van der Waals surface area contributed by atoms with E-state index in [1.807, 2.05) is 30.9 Å². The Bertz CT molecular complexity index is 883.